The van der Waals surface area contributed by atoms with E-state index in [1.54, 1.807) is 0 Å². The van der Waals surface area contributed by atoms with Gasteiger partial charge in [0.15, 0.2) is 5.82 Å². The van der Waals surface area contributed by atoms with Crippen LogP contribution >= 0.6 is 0 Å². The van der Waals surface area contributed by atoms with Crippen molar-refractivity contribution in [2.24, 2.45) is 0 Å². The van der Waals surface area contributed by atoms with Crippen LogP contribution in [0, 0.1) is 0 Å². The smallest absolute Gasteiger partial charge is 0.176 e. The molecule has 0 radical (unpaired) electrons. The third-order valence-corrected chi connectivity index (χ3v) is 7.61. The van der Waals surface area contributed by atoms with Crippen LogP contribution in [0.1, 0.15) is 43.5 Å². The first-order chi connectivity index (χ1) is 17.3. The second-order valence-electron chi connectivity index (χ2n) is 9.71. The number of ether oxygens (including phenoxy) is 1. The van der Waals surface area contributed by atoms with Gasteiger partial charge in [-0.05, 0) is 65.6 Å². The van der Waals surface area contributed by atoms with Crippen molar-refractivity contribution in [2.45, 2.75) is 44.1 Å². The minimum atomic E-state index is -0.212. The lowest BCUT2D eigenvalue weighted by atomic mass is 9.80. The minimum Gasteiger partial charge on any atom is -0.378 e. The lowest BCUT2D eigenvalue weighted by molar-refractivity contribution is 0.122. The van der Waals surface area contributed by atoms with E-state index in [9.17, 15) is 0 Å². The second kappa shape index (κ2) is 9.79. The van der Waals surface area contributed by atoms with Gasteiger partial charge in [0.2, 0.25) is 0 Å². The van der Waals surface area contributed by atoms with Crippen LogP contribution in [-0.2, 0) is 16.7 Å². The predicted molar refractivity (Wildman–Crippen MR) is 137 cm³/mol. The molecule has 1 aliphatic carbocycles. The monoisotopic (exact) mass is 471 g/mol. The van der Waals surface area contributed by atoms with E-state index in [1.165, 1.54) is 41.4 Å². The summed E-state index contributed by atoms with van der Waals surface area (Å²) in [4.78, 5) is 5.76. The molecule has 2 fully saturated rings. The summed E-state index contributed by atoms with van der Waals surface area (Å²) in [5, 5.41) is 18.3. The summed E-state index contributed by atoms with van der Waals surface area (Å²) in [5.74, 6) is 0.926. The standard InChI is InChI=1S/C27H33N7O/c1-4-13-27(14-5-1,29-15-12-21-20-28-25-7-3-2-6-24(21)25)26-30-31-32-34(26)23-10-8-22(9-11-23)33-16-18-35-19-17-33/h2-3,6-11,20,28-29H,1,4-5,12-19H2. The Morgan fingerprint density at radius 2 is 1.71 bits per heavy atom. The summed E-state index contributed by atoms with van der Waals surface area (Å²) >= 11 is 0. The van der Waals surface area contributed by atoms with Crippen molar-refractivity contribution >= 4 is 16.6 Å². The number of aromatic nitrogens is 5. The Balaban J connectivity index is 1.23. The maximum Gasteiger partial charge on any atom is 0.176 e. The van der Waals surface area contributed by atoms with Gasteiger partial charge in [0.05, 0.1) is 24.4 Å². The molecule has 1 saturated heterocycles. The zero-order valence-corrected chi connectivity index (χ0v) is 20.1. The van der Waals surface area contributed by atoms with Crippen LogP contribution in [0.2, 0.25) is 0 Å². The van der Waals surface area contributed by atoms with E-state index in [0.29, 0.717) is 0 Å². The van der Waals surface area contributed by atoms with Gasteiger partial charge >= 0.3 is 0 Å². The highest BCUT2D eigenvalue weighted by Gasteiger charge is 2.38. The first-order valence-electron chi connectivity index (χ1n) is 12.8. The molecule has 2 aliphatic rings. The van der Waals surface area contributed by atoms with Gasteiger partial charge in [-0.3, -0.25) is 0 Å². The SMILES string of the molecule is c1ccc2c(CCNC3(c4nnnn4-c4ccc(N5CCOCC5)cc4)CCCCC3)c[nH]c2c1. The molecule has 35 heavy (non-hydrogen) atoms. The largest absolute Gasteiger partial charge is 0.378 e. The Hall–Kier alpha value is -3.23. The lowest BCUT2D eigenvalue weighted by Gasteiger charge is -2.37. The van der Waals surface area contributed by atoms with Crippen LogP contribution in [0.3, 0.4) is 0 Å². The number of benzene rings is 2. The highest BCUT2D eigenvalue weighted by Crippen LogP contribution is 2.37. The van der Waals surface area contributed by atoms with Crippen molar-refractivity contribution in [2.75, 3.05) is 37.7 Å². The third-order valence-electron chi connectivity index (χ3n) is 7.61. The Bertz CT molecular complexity index is 1250. The topological polar surface area (TPSA) is 83.9 Å². The maximum atomic E-state index is 5.49. The highest BCUT2D eigenvalue weighted by atomic mass is 16.5. The molecule has 0 unspecified atom stereocenters. The van der Waals surface area contributed by atoms with Gasteiger partial charge in [-0.1, -0.05) is 37.5 Å². The molecule has 6 rings (SSSR count). The molecule has 0 spiro atoms. The van der Waals surface area contributed by atoms with E-state index in [0.717, 1.165) is 63.6 Å². The van der Waals surface area contributed by atoms with E-state index in [-0.39, 0.29) is 5.54 Å². The van der Waals surface area contributed by atoms with Gasteiger partial charge in [-0.2, -0.15) is 4.68 Å². The molecule has 2 N–H and O–H groups in total. The first-order valence-corrected chi connectivity index (χ1v) is 12.8. The van der Waals surface area contributed by atoms with Gasteiger partial charge in [-0.25, -0.2) is 0 Å². The molecule has 0 atom stereocenters. The molecular weight excluding hydrogens is 438 g/mol. The second-order valence-corrected chi connectivity index (χ2v) is 9.71. The average Bonchev–Trinajstić information content (AvgIpc) is 3.58. The number of para-hydroxylation sites is 1. The Labute approximate surface area is 205 Å². The Morgan fingerprint density at radius 3 is 2.54 bits per heavy atom. The number of nitrogens with zero attached hydrogens (tertiary/aromatic N) is 5. The fourth-order valence-electron chi connectivity index (χ4n) is 5.70. The summed E-state index contributed by atoms with van der Waals surface area (Å²) in [6, 6.07) is 17.1. The zero-order chi connectivity index (χ0) is 23.5. The molecule has 0 bridgehead atoms. The van der Waals surface area contributed by atoms with Crippen LogP contribution < -0.4 is 10.2 Å². The van der Waals surface area contributed by atoms with Crippen molar-refractivity contribution in [1.82, 2.24) is 30.5 Å². The van der Waals surface area contributed by atoms with Crippen LogP contribution in [-0.4, -0.2) is 58.0 Å². The number of anilines is 1. The predicted octanol–water partition coefficient (Wildman–Crippen LogP) is 3.97. The molecule has 1 aliphatic heterocycles. The van der Waals surface area contributed by atoms with Gasteiger partial charge in [0, 0.05) is 42.4 Å². The number of hydrogen-bond acceptors (Lipinski definition) is 6. The molecule has 8 heteroatoms. The minimum absolute atomic E-state index is 0.212. The lowest BCUT2D eigenvalue weighted by Crippen LogP contribution is -2.47. The molecular formula is C27H33N7O. The number of rotatable bonds is 7. The summed E-state index contributed by atoms with van der Waals surface area (Å²) < 4.78 is 7.43. The third kappa shape index (κ3) is 4.44. The van der Waals surface area contributed by atoms with Gasteiger partial charge < -0.3 is 19.9 Å². The van der Waals surface area contributed by atoms with Crippen molar-refractivity contribution in [3.63, 3.8) is 0 Å². The highest BCUT2D eigenvalue weighted by molar-refractivity contribution is 5.83. The van der Waals surface area contributed by atoms with Crippen molar-refractivity contribution in [3.8, 4) is 5.69 Å². The number of hydrogen-bond donors (Lipinski definition) is 2. The van der Waals surface area contributed by atoms with Gasteiger partial charge in [0.25, 0.3) is 0 Å². The van der Waals surface area contributed by atoms with Crippen LogP contribution in [0.25, 0.3) is 16.6 Å². The molecule has 8 nitrogen and oxygen atoms in total. The molecule has 2 aromatic carbocycles. The fraction of sp³-hybridized carbons (Fsp3) is 0.444. The maximum absolute atomic E-state index is 5.49. The Morgan fingerprint density at radius 1 is 0.943 bits per heavy atom. The van der Waals surface area contributed by atoms with Gasteiger partial charge in [-0.15, -0.1) is 5.10 Å². The number of nitrogens with one attached hydrogen (secondary N) is 2. The first kappa shape index (κ1) is 22.2. The summed E-state index contributed by atoms with van der Waals surface area (Å²) in [6.07, 6.45) is 8.83. The molecule has 1 saturated carbocycles. The zero-order valence-electron chi connectivity index (χ0n) is 20.1. The molecule has 0 amide bonds. The quantitative estimate of drug-likeness (QED) is 0.424. The van der Waals surface area contributed by atoms with E-state index >= 15 is 0 Å². The van der Waals surface area contributed by atoms with E-state index < -0.39 is 0 Å². The van der Waals surface area contributed by atoms with Crippen LogP contribution in [0.15, 0.2) is 54.7 Å². The molecule has 4 aromatic rings. The van der Waals surface area contributed by atoms with E-state index in [2.05, 4.69) is 85.5 Å². The van der Waals surface area contributed by atoms with Crippen molar-refractivity contribution in [1.29, 1.82) is 0 Å². The fourth-order valence-corrected chi connectivity index (χ4v) is 5.70. The summed E-state index contributed by atoms with van der Waals surface area (Å²) in [7, 11) is 0. The number of tetrazole rings is 1. The molecule has 2 aromatic heterocycles. The molecule has 3 heterocycles. The van der Waals surface area contributed by atoms with Crippen molar-refractivity contribution < 1.29 is 4.74 Å². The number of fused-ring (bicyclic) bond motifs is 1. The van der Waals surface area contributed by atoms with E-state index in [1.807, 2.05) is 4.68 Å². The van der Waals surface area contributed by atoms with Crippen molar-refractivity contribution in [3.05, 3.63) is 66.1 Å². The average molecular weight is 472 g/mol. The number of morpholine rings is 1. The molecule has 182 valence electrons. The number of H-pyrrole nitrogens is 1. The summed E-state index contributed by atoms with van der Waals surface area (Å²) in [6.45, 7) is 4.31. The normalized spacial score (nSPS) is 18.2. The Kier molecular flexibility index (Phi) is 6.22. The van der Waals surface area contributed by atoms with Crippen LogP contribution in [0.5, 0.6) is 0 Å². The van der Waals surface area contributed by atoms with Gasteiger partial charge in [0.1, 0.15) is 0 Å². The van der Waals surface area contributed by atoms with E-state index in [4.69, 9.17) is 4.74 Å². The number of aromatic amines is 1. The summed E-state index contributed by atoms with van der Waals surface area (Å²) in [5.41, 5.74) is 4.55. The van der Waals surface area contributed by atoms with Crippen LogP contribution in [0.4, 0.5) is 5.69 Å².